The average Bonchev–Trinajstić information content (AvgIpc) is 2.96. The van der Waals surface area contributed by atoms with Crippen LogP contribution in [0.4, 0.5) is 0 Å². The highest BCUT2D eigenvalue weighted by molar-refractivity contribution is 7.93. The van der Waals surface area contributed by atoms with Gasteiger partial charge in [0.05, 0.1) is 12.2 Å². The van der Waals surface area contributed by atoms with Crippen LogP contribution in [0.5, 0.6) is 0 Å². The van der Waals surface area contributed by atoms with Crippen molar-refractivity contribution in [3.05, 3.63) is 71.9 Å². The molecule has 8 heteroatoms. The number of nitrogens with one attached hydrogen (secondary N) is 1. The molecule has 0 radical (unpaired) electrons. The third-order valence-electron chi connectivity index (χ3n) is 5.29. The van der Waals surface area contributed by atoms with Gasteiger partial charge in [-0.3, -0.25) is 10.1 Å². The van der Waals surface area contributed by atoms with Crippen molar-refractivity contribution in [1.82, 2.24) is 14.5 Å². The maximum atomic E-state index is 12.8. The van der Waals surface area contributed by atoms with E-state index in [1.807, 2.05) is 35.2 Å². The van der Waals surface area contributed by atoms with Crippen molar-refractivity contribution >= 4 is 15.9 Å². The van der Waals surface area contributed by atoms with E-state index in [1.165, 1.54) is 16.5 Å². The molecule has 1 amide bonds. The van der Waals surface area contributed by atoms with Crippen LogP contribution in [-0.4, -0.2) is 53.9 Å². The SMILES string of the molecule is C=C/C=C(\C(=C)O)S(=O)(=O)N1CCC2(CC1)NCC(=O)N2Cc1ccccc1. The second-order valence-corrected chi connectivity index (χ2v) is 8.87. The first-order chi connectivity index (χ1) is 13.3. The molecule has 0 saturated carbocycles. The summed E-state index contributed by atoms with van der Waals surface area (Å²) >= 11 is 0. The van der Waals surface area contributed by atoms with E-state index in [9.17, 15) is 18.3 Å². The number of nitrogens with zero attached hydrogens (tertiary/aromatic N) is 2. The molecule has 0 aliphatic carbocycles. The Labute approximate surface area is 165 Å². The molecular formula is C20H25N3O4S. The van der Waals surface area contributed by atoms with Gasteiger partial charge in [-0.1, -0.05) is 49.6 Å². The molecule has 0 atom stereocenters. The number of aliphatic hydroxyl groups excluding tert-OH is 1. The van der Waals surface area contributed by atoms with Gasteiger partial charge in [0, 0.05) is 19.6 Å². The van der Waals surface area contributed by atoms with Gasteiger partial charge in [-0.25, -0.2) is 8.42 Å². The molecule has 2 N–H and O–H groups in total. The third kappa shape index (κ3) is 3.76. The number of sulfonamides is 1. The monoisotopic (exact) mass is 403 g/mol. The summed E-state index contributed by atoms with van der Waals surface area (Å²) in [6.45, 7) is 8.02. The van der Waals surface area contributed by atoms with Gasteiger partial charge in [0.1, 0.15) is 10.7 Å². The largest absolute Gasteiger partial charge is 0.507 e. The Hall–Kier alpha value is -2.42. The molecule has 7 nitrogen and oxygen atoms in total. The second-order valence-electron chi connectivity index (χ2n) is 6.97. The summed E-state index contributed by atoms with van der Waals surface area (Å²) in [5.41, 5.74) is 0.471. The quantitative estimate of drug-likeness (QED) is 0.559. The number of amides is 1. The van der Waals surface area contributed by atoms with Crippen molar-refractivity contribution in [2.45, 2.75) is 25.0 Å². The summed E-state index contributed by atoms with van der Waals surface area (Å²) in [6, 6.07) is 9.73. The summed E-state index contributed by atoms with van der Waals surface area (Å²) in [7, 11) is -3.88. The molecule has 2 saturated heterocycles. The lowest BCUT2D eigenvalue weighted by Crippen LogP contribution is -2.59. The molecular weight excluding hydrogens is 378 g/mol. The van der Waals surface area contributed by atoms with Crippen molar-refractivity contribution in [2.24, 2.45) is 0 Å². The number of hydrogen-bond acceptors (Lipinski definition) is 5. The van der Waals surface area contributed by atoms with Crippen LogP contribution in [0, 0.1) is 0 Å². The van der Waals surface area contributed by atoms with Crippen molar-refractivity contribution in [3.8, 4) is 0 Å². The smallest absolute Gasteiger partial charge is 0.246 e. The maximum Gasteiger partial charge on any atom is 0.246 e. The predicted molar refractivity (Wildman–Crippen MR) is 108 cm³/mol. The standard InChI is InChI=1S/C20H25N3O4S/c1-3-7-18(16(2)24)28(26,27)22-12-10-20(11-13-22)21-14-19(25)23(20)15-17-8-5-4-6-9-17/h3-9,21,24H,1-2,10-15H2/b18-7+. The summed E-state index contributed by atoms with van der Waals surface area (Å²) in [5, 5.41) is 13.0. The lowest BCUT2D eigenvalue weighted by Gasteiger charge is -2.44. The van der Waals surface area contributed by atoms with Gasteiger partial charge >= 0.3 is 0 Å². The molecule has 0 aromatic heterocycles. The van der Waals surface area contributed by atoms with Crippen LogP contribution >= 0.6 is 0 Å². The summed E-state index contributed by atoms with van der Waals surface area (Å²) in [5.74, 6) is -0.504. The van der Waals surface area contributed by atoms with E-state index in [0.717, 1.165) is 5.56 Å². The van der Waals surface area contributed by atoms with Crippen molar-refractivity contribution in [3.63, 3.8) is 0 Å². The highest BCUT2D eigenvalue weighted by Gasteiger charge is 2.48. The van der Waals surface area contributed by atoms with Crippen LogP contribution in [0.25, 0.3) is 0 Å². The highest BCUT2D eigenvalue weighted by Crippen LogP contribution is 2.34. The van der Waals surface area contributed by atoms with Crippen LogP contribution in [0.15, 0.2) is 66.3 Å². The summed E-state index contributed by atoms with van der Waals surface area (Å²) in [4.78, 5) is 14.0. The third-order valence-corrected chi connectivity index (χ3v) is 7.26. The molecule has 1 aromatic rings. The van der Waals surface area contributed by atoms with Gasteiger partial charge in [-0.05, 0) is 24.5 Å². The summed E-state index contributed by atoms with van der Waals surface area (Å²) in [6.07, 6.45) is 3.47. The first-order valence-electron chi connectivity index (χ1n) is 9.11. The number of allylic oxidation sites excluding steroid dienone is 2. The first kappa shape index (κ1) is 20.3. The lowest BCUT2D eigenvalue weighted by molar-refractivity contribution is -0.132. The molecule has 2 heterocycles. The molecule has 150 valence electrons. The number of rotatable bonds is 6. The fourth-order valence-electron chi connectivity index (χ4n) is 3.80. The van der Waals surface area contributed by atoms with E-state index in [1.54, 1.807) is 0 Å². The van der Waals surface area contributed by atoms with E-state index in [4.69, 9.17) is 0 Å². The maximum absolute atomic E-state index is 12.8. The Kier molecular flexibility index (Phi) is 5.74. The van der Waals surface area contributed by atoms with Crippen molar-refractivity contribution in [2.75, 3.05) is 19.6 Å². The van der Waals surface area contributed by atoms with Crippen LogP contribution in [-0.2, 0) is 21.4 Å². The molecule has 2 aliphatic rings. The van der Waals surface area contributed by atoms with Crippen molar-refractivity contribution < 1.29 is 18.3 Å². The van der Waals surface area contributed by atoms with Gasteiger partial charge in [-0.2, -0.15) is 4.31 Å². The van der Waals surface area contributed by atoms with Gasteiger partial charge in [-0.15, -0.1) is 0 Å². The minimum atomic E-state index is -3.88. The van der Waals surface area contributed by atoms with E-state index in [2.05, 4.69) is 18.5 Å². The Morgan fingerprint density at radius 1 is 1.25 bits per heavy atom. The number of aliphatic hydroxyl groups is 1. The number of carbonyl (C=O) groups excluding carboxylic acids is 1. The predicted octanol–water partition coefficient (Wildman–Crippen LogP) is 1.88. The Morgan fingerprint density at radius 2 is 1.89 bits per heavy atom. The summed E-state index contributed by atoms with van der Waals surface area (Å²) < 4.78 is 27.0. The normalized spacial score (nSPS) is 20.5. The molecule has 1 aromatic carbocycles. The zero-order chi connectivity index (χ0) is 20.4. The number of benzene rings is 1. The highest BCUT2D eigenvalue weighted by atomic mass is 32.2. The molecule has 0 bridgehead atoms. The zero-order valence-corrected chi connectivity index (χ0v) is 16.5. The van der Waals surface area contributed by atoms with Crippen molar-refractivity contribution in [1.29, 1.82) is 0 Å². The van der Waals surface area contributed by atoms with E-state index >= 15 is 0 Å². The molecule has 1 spiro atoms. The van der Waals surface area contributed by atoms with E-state index in [0.29, 0.717) is 19.4 Å². The molecule has 28 heavy (non-hydrogen) atoms. The first-order valence-corrected chi connectivity index (χ1v) is 10.5. The topological polar surface area (TPSA) is 90.0 Å². The number of piperidine rings is 1. The van der Waals surface area contributed by atoms with Gasteiger partial charge in [0.2, 0.25) is 15.9 Å². The van der Waals surface area contributed by atoms with Gasteiger partial charge in [0.25, 0.3) is 0 Å². The van der Waals surface area contributed by atoms with Crippen LogP contribution in [0.2, 0.25) is 0 Å². The Bertz CT molecular complexity index is 901. The van der Waals surface area contributed by atoms with Gasteiger partial charge in [0.15, 0.2) is 0 Å². The molecule has 2 fully saturated rings. The van der Waals surface area contributed by atoms with Crippen LogP contribution < -0.4 is 5.32 Å². The van der Waals surface area contributed by atoms with E-state index in [-0.39, 0.29) is 30.4 Å². The fourth-order valence-corrected chi connectivity index (χ4v) is 5.30. The fraction of sp³-hybridized carbons (Fsp3) is 0.350. The molecule has 3 rings (SSSR count). The van der Waals surface area contributed by atoms with Gasteiger partial charge < -0.3 is 10.0 Å². The molecule has 0 unspecified atom stereocenters. The average molecular weight is 404 g/mol. The lowest BCUT2D eigenvalue weighted by atomic mass is 9.96. The second kappa shape index (κ2) is 7.90. The minimum Gasteiger partial charge on any atom is -0.507 e. The Balaban J connectivity index is 1.78. The van der Waals surface area contributed by atoms with Crippen LogP contribution in [0.1, 0.15) is 18.4 Å². The number of hydrogen-bond donors (Lipinski definition) is 2. The zero-order valence-electron chi connectivity index (χ0n) is 15.7. The van der Waals surface area contributed by atoms with E-state index < -0.39 is 21.4 Å². The minimum absolute atomic E-state index is 0.0103. The number of carbonyl (C=O) groups is 1. The Morgan fingerprint density at radius 3 is 2.46 bits per heavy atom. The van der Waals surface area contributed by atoms with Crippen LogP contribution in [0.3, 0.4) is 0 Å². The molecule has 2 aliphatic heterocycles.